The lowest BCUT2D eigenvalue weighted by Crippen LogP contribution is -2.22. The molecule has 0 spiro atoms. The van der Waals surface area contributed by atoms with Crippen molar-refractivity contribution in [3.63, 3.8) is 0 Å². The van der Waals surface area contributed by atoms with E-state index >= 15 is 0 Å². The average Bonchev–Trinajstić information content (AvgIpc) is 3.20. The molecular formula is C14H20N6S. The van der Waals surface area contributed by atoms with Crippen molar-refractivity contribution in [2.75, 3.05) is 42.2 Å². The first kappa shape index (κ1) is 14.1. The second-order valence-corrected chi connectivity index (χ2v) is 6.02. The molecule has 1 aliphatic rings. The highest BCUT2D eigenvalue weighted by Gasteiger charge is 2.17. The van der Waals surface area contributed by atoms with Crippen molar-refractivity contribution in [3.8, 4) is 0 Å². The fraction of sp³-hybridized carbons (Fsp3) is 0.500. The molecule has 0 unspecified atom stereocenters. The smallest absolute Gasteiger partial charge is 0.231 e. The van der Waals surface area contributed by atoms with Gasteiger partial charge >= 0.3 is 0 Å². The van der Waals surface area contributed by atoms with Crippen LogP contribution in [0.2, 0.25) is 0 Å². The summed E-state index contributed by atoms with van der Waals surface area (Å²) < 4.78 is 0. The molecule has 3 rings (SSSR count). The van der Waals surface area contributed by atoms with E-state index in [4.69, 9.17) is 0 Å². The maximum Gasteiger partial charge on any atom is 0.231 e. The van der Waals surface area contributed by atoms with Gasteiger partial charge in [0.05, 0.1) is 0 Å². The molecule has 21 heavy (non-hydrogen) atoms. The lowest BCUT2D eigenvalue weighted by Gasteiger charge is -2.16. The van der Waals surface area contributed by atoms with E-state index in [1.165, 1.54) is 17.7 Å². The van der Waals surface area contributed by atoms with E-state index in [1.807, 2.05) is 7.05 Å². The summed E-state index contributed by atoms with van der Waals surface area (Å²) in [5.41, 5.74) is 0. The van der Waals surface area contributed by atoms with E-state index in [0.29, 0.717) is 11.9 Å². The van der Waals surface area contributed by atoms with Gasteiger partial charge in [0.1, 0.15) is 0 Å². The van der Waals surface area contributed by atoms with Crippen LogP contribution in [-0.2, 0) is 6.42 Å². The number of hydrogen-bond acceptors (Lipinski definition) is 7. The standard InChI is InChI=1S/C14H20N6S/c1-15-12-17-13(16-7-6-11-5-4-10-21-11)19-14(18-12)20-8-2-3-9-20/h4-5,10H,2-3,6-9H2,1H3,(H2,15,16,17,18,19). The van der Waals surface area contributed by atoms with Crippen molar-refractivity contribution in [1.82, 2.24) is 15.0 Å². The molecule has 0 saturated carbocycles. The normalized spacial score (nSPS) is 14.4. The molecule has 0 aliphatic carbocycles. The van der Waals surface area contributed by atoms with Crippen LogP contribution in [0.15, 0.2) is 17.5 Å². The van der Waals surface area contributed by atoms with Crippen molar-refractivity contribution in [2.45, 2.75) is 19.3 Å². The van der Waals surface area contributed by atoms with Crippen molar-refractivity contribution in [1.29, 1.82) is 0 Å². The minimum atomic E-state index is 0.616. The van der Waals surface area contributed by atoms with Gasteiger partial charge in [0.2, 0.25) is 17.8 Å². The van der Waals surface area contributed by atoms with E-state index in [2.05, 4.69) is 48.0 Å². The quantitative estimate of drug-likeness (QED) is 0.853. The van der Waals surface area contributed by atoms with Crippen molar-refractivity contribution in [2.24, 2.45) is 0 Å². The van der Waals surface area contributed by atoms with Crippen LogP contribution in [0, 0.1) is 0 Å². The number of anilines is 3. The Morgan fingerprint density at radius 1 is 1.19 bits per heavy atom. The van der Waals surface area contributed by atoms with E-state index < -0.39 is 0 Å². The number of nitrogens with one attached hydrogen (secondary N) is 2. The molecule has 1 fully saturated rings. The van der Waals surface area contributed by atoms with Crippen LogP contribution in [0.25, 0.3) is 0 Å². The van der Waals surface area contributed by atoms with Gasteiger partial charge in [-0.15, -0.1) is 11.3 Å². The maximum absolute atomic E-state index is 4.54. The second-order valence-electron chi connectivity index (χ2n) is 4.98. The highest BCUT2D eigenvalue weighted by Crippen LogP contribution is 2.18. The molecule has 6 nitrogen and oxygen atoms in total. The highest BCUT2D eigenvalue weighted by atomic mass is 32.1. The van der Waals surface area contributed by atoms with Crippen molar-refractivity contribution < 1.29 is 0 Å². The lowest BCUT2D eigenvalue weighted by molar-refractivity contribution is 0.876. The summed E-state index contributed by atoms with van der Waals surface area (Å²) >= 11 is 1.78. The zero-order valence-corrected chi connectivity index (χ0v) is 13.0. The van der Waals surface area contributed by atoms with Gasteiger partial charge in [-0.3, -0.25) is 0 Å². The summed E-state index contributed by atoms with van der Waals surface area (Å²) in [4.78, 5) is 16.9. The fourth-order valence-corrected chi connectivity index (χ4v) is 3.08. The second kappa shape index (κ2) is 6.71. The number of nitrogens with zero attached hydrogens (tertiary/aromatic N) is 4. The SMILES string of the molecule is CNc1nc(NCCc2cccs2)nc(N2CCCC2)n1. The van der Waals surface area contributed by atoms with Crippen LogP contribution >= 0.6 is 11.3 Å². The first-order chi connectivity index (χ1) is 10.3. The lowest BCUT2D eigenvalue weighted by atomic mass is 10.3. The van der Waals surface area contributed by atoms with Gasteiger partial charge in [0.15, 0.2) is 0 Å². The topological polar surface area (TPSA) is 66.0 Å². The van der Waals surface area contributed by atoms with Crippen molar-refractivity contribution >= 4 is 29.2 Å². The van der Waals surface area contributed by atoms with E-state index in [0.717, 1.165) is 32.0 Å². The van der Waals surface area contributed by atoms with Crippen molar-refractivity contribution in [3.05, 3.63) is 22.4 Å². The van der Waals surface area contributed by atoms with Gasteiger partial charge in [0, 0.05) is 31.6 Å². The Labute approximate surface area is 128 Å². The molecule has 0 aromatic carbocycles. The molecule has 0 amide bonds. The molecule has 0 radical (unpaired) electrons. The van der Waals surface area contributed by atoms with Crippen LogP contribution in [0.3, 0.4) is 0 Å². The van der Waals surface area contributed by atoms with E-state index in [-0.39, 0.29) is 0 Å². The number of aromatic nitrogens is 3. The molecule has 7 heteroatoms. The minimum Gasteiger partial charge on any atom is -0.357 e. The molecule has 0 bridgehead atoms. The Morgan fingerprint density at radius 2 is 2.00 bits per heavy atom. The minimum absolute atomic E-state index is 0.616. The molecular weight excluding hydrogens is 284 g/mol. The van der Waals surface area contributed by atoms with E-state index in [9.17, 15) is 0 Å². The summed E-state index contributed by atoms with van der Waals surface area (Å²) in [6.07, 6.45) is 3.40. The first-order valence-electron chi connectivity index (χ1n) is 7.30. The Kier molecular flexibility index (Phi) is 4.49. The van der Waals surface area contributed by atoms with Gasteiger partial charge in [-0.1, -0.05) is 6.07 Å². The van der Waals surface area contributed by atoms with Gasteiger partial charge in [-0.25, -0.2) is 0 Å². The molecule has 112 valence electrons. The van der Waals surface area contributed by atoms with Gasteiger partial charge in [-0.2, -0.15) is 15.0 Å². The predicted molar refractivity (Wildman–Crippen MR) is 87.3 cm³/mol. The van der Waals surface area contributed by atoms with E-state index in [1.54, 1.807) is 11.3 Å². The third kappa shape index (κ3) is 3.60. The Morgan fingerprint density at radius 3 is 2.71 bits per heavy atom. The predicted octanol–water partition coefficient (Wildman–Crippen LogP) is 2.23. The maximum atomic E-state index is 4.54. The molecule has 2 aromatic heterocycles. The zero-order valence-electron chi connectivity index (χ0n) is 12.2. The Bertz CT molecular complexity index is 565. The molecule has 3 heterocycles. The van der Waals surface area contributed by atoms with Gasteiger partial charge < -0.3 is 15.5 Å². The van der Waals surface area contributed by atoms with Crippen LogP contribution in [-0.4, -0.2) is 41.6 Å². The third-order valence-electron chi connectivity index (χ3n) is 3.47. The summed E-state index contributed by atoms with van der Waals surface area (Å²) in [6, 6.07) is 4.22. The molecule has 2 N–H and O–H groups in total. The molecule has 0 atom stereocenters. The Balaban J connectivity index is 1.66. The molecule has 1 saturated heterocycles. The van der Waals surface area contributed by atoms with Crippen LogP contribution in [0.4, 0.5) is 17.8 Å². The number of thiophene rings is 1. The molecule has 2 aromatic rings. The average molecular weight is 304 g/mol. The van der Waals surface area contributed by atoms with Gasteiger partial charge in [0.25, 0.3) is 0 Å². The van der Waals surface area contributed by atoms with Crippen LogP contribution in [0.1, 0.15) is 17.7 Å². The summed E-state index contributed by atoms with van der Waals surface area (Å²) in [6.45, 7) is 2.89. The van der Waals surface area contributed by atoms with Crippen LogP contribution < -0.4 is 15.5 Å². The summed E-state index contributed by atoms with van der Waals surface area (Å²) in [7, 11) is 1.83. The van der Waals surface area contributed by atoms with Crippen LogP contribution in [0.5, 0.6) is 0 Å². The largest absolute Gasteiger partial charge is 0.357 e. The third-order valence-corrected chi connectivity index (χ3v) is 4.41. The number of hydrogen-bond donors (Lipinski definition) is 2. The highest BCUT2D eigenvalue weighted by molar-refractivity contribution is 7.09. The summed E-state index contributed by atoms with van der Waals surface area (Å²) in [5, 5.41) is 8.41. The summed E-state index contributed by atoms with van der Waals surface area (Å²) in [5.74, 6) is 2.03. The monoisotopic (exact) mass is 304 g/mol. The fourth-order valence-electron chi connectivity index (χ4n) is 2.37. The Hall–Kier alpha value is -1.89. The number of rotatable bonds is 6. The molecule has 1 aliphatic heterocycles. The first-order valence-corrected chi connectivity index (χ1v) is 8.18. The van der Waals surface area contributed by atoms with Gasteiger partial charge in [-0.05, 0) is 30.7 Å². The zero-order chi connectivity index (χ0) is 14.5.